The maximum absolute atomic E-state index is 13.1. The van der Waals surface area contributed by atoms with Crippen LogP contribution >= 0.6 is 0 Å². The summed E-state index contributed by atoms with van der Waals surface area (Å²) in [5.74, 6) is 0.734. The number of primary amides is 1. The second kappa shape index (κ2) is 10.2. The lowest BCUT2D eigenvalue weighted by atomic mass is 9.98. The summed E-state index contributed by atoms with van der Waals surface area (Å²) in [4.78, 5) is 12.6. The molecule has 30 heavy (non-hydrogen) atoms. The highest BCUT2D eigenvalue weighted by molar-refractivity contribution is 7.87. The molecule has 1 fully saturated rings. The maximum atomic E-state index is 13.1. The number of carbonyl (C=O) groups is 1. The van der Waals surface area contributed by atoms with Crippen molar-refractivity contribution in [1.29, 1.82) is 0 Å². The standard InChI is InChI=1S/C24H31NO4S/c1-18(2)20-7-3-5-19(17-20)6-4-14-29-21-8-10-22(11-9-21)30(27)24(23(25)26)12-15-28-16-13-24/h3,5,7-11,17-18H,4,6,12-16H2,1-2H3,(H2,25,26). The molecule has 0 saturated carbocycles. The van der Waals surface area contributed by atoms with E-state index >= 15 is 0 Å². The van der Waals surface area contributed by atoms with E-state index < -0.39 is 21.5 Å². The first kappa shape index (κ1) is 22.5. The number of nitrogens with two attached hydrogens (primary N) is 1. The van der Waals surface area contributed by atoms with Crippen molar-refractivity contribution >= 4 is 16.7 Å². The number of aryl methyl sites for hydroxylation is 1. The number of rotatable bonds is 9. The van der Waals surface area contributed by atoms with E-state index in [0.29, 0.717) is 43.5 Å². The van der Waals surface area contributed by atoms with Gasteiger partial charge >= 0.3 is 0 Å². The van der Waals surface area contributed by atoms with Crippen molar-refractivity contribution in [3.63, 3.8) is 0 Å². The van der Waals surface area contributed by atoms with Crippen LogP contribution in [0.4, 0.5) is 0 Å². The summed E-state index contributed by atoms with van der Waals surface area (Å²) in [7, 11) is -1.52. The molecule has 2 aromatic rings. The predicted molar refractivity (Wildman–Crippen MR) is 119 cm³/mol. The quantitative estimate of drug-likeness (QED) is 0.612. The molecule has 2 N–H and O–H groups in total. The molecule has 2 aromatic carbocycles. The largest absolute Gasteiger partial charge is 0.494 e. The Balaban J connectivity index is 1.54. The Bertz CT molecular complexity index is 873. The molecule has 0 bridgehead atoms. The Labute approximate surface area is 181 Å². The van der Waals surface area contributed by atoms with Gasteiger partial charge in [-0.2, -0.15) is 0 Å². The zero-order valence-corrected chi connectivity index (χ0v) is 18.6. The average molecular weight is 430 g/mol. The molecule has 0 aromatic heterocycles. The van der Waals surface area contributed by atoms with Gasteiger partial charge in [-0.1, -0.05) is 38.1 Å². The van der Waals surface area contributed by atoms with E-state index in [0.717, 1.165) is 18.6 Å². The number of hydrogen-bond acceptors (Lipinski definition) is 4. The number of hydrogen-bond donors (Lipinski definition) is 1. The minimum Gasteiger partial charge on any atom is -0.494 e. The molecule has 1 heterocycles. The topological polar surface area (TPSA) is 78.6 Å². The Morgan fingerprint density at radius 2 is 1.87 bits per heavy atom. The first-order chi connectivity index (χ1) is 14.4. The van der Waals surface area contributed by atoms with Crippen LogP contribution in [0.3, 0.4) is 0 Å². The fourth-order valence-corrected chi connectivity index (χ4v) is 5.24. The van der Waals surface area contributed by atoms with Gasteiger partial charge in [0.25, 0.3) is 0 Å². The van der Waals surface area contributed by atoms with E-state index in [9.17, 15) is 9.00 Å². The summed E-state index contributed by atoms with van der Waals surface area (Å²) in [6, 6.07) is 15.8. The second-order valence-electron chi connectivity index (χ2n) is 8.06. The summed E-state index contributed by atoms with van der Waals surface area (Å²) in [6.45, 7) is 5.81. The van der Waals surface area contributed by atoms with E-state index in [1.165, 1.54) is 11.1 Å². The second-order valence-corrected chi connectivity index (χ2v) is 9.85. The van der Waals surface area contributed by atoms with E-state index in [1.54, 1.807) is 24.3 Å². The molecular formula is C24H31NO4S. The van der Waals surface area contributed by atoms with Crippen LogP contribution in [-0.4, -0.2) is 34.7 Å². The molecule has 1 saturated heterocycles. The van der Waals surface area contributed by atoms with Gasteiger partial charge in [-0.15, -0.1) is 0 Å². The first-order valence-corrected chi connectivity index (χ1v) is 11.7. The summed E-state index contributed by atoms with van der Waals surface area (Å²) < 4.78 is 23.2. The third kappa shape index (κ3) is 5.29. The highest BCUT2D eigenvalue weighted by Gasteiger charge is 2.45. The molecule has 6 heteroatoms. The first-order valence-electron chi connectivity index (χ1n) is 10.5. The average Bonchev–Trinajstić information content (AvgIpc) is 2.77. The molecule has 1 unspecified atom stereocenters. The van der Waals surface area contributed by atoms with Gasteiger partial charge in [-0.25, -0.2) is 0 Å². The third-order valence-corrected chi connectivity index (χ3v) is 7.66. The Morgan fingerprint density at radius 1 is 1.17 bits per heavy atom. The Hall–Kier alpha value is -2.18. The van der Waals surface area contributed by atoms with Gasteiger partial charge in [0.2, 0.25) is 5.91 Å². The monoisotopic (exact) mass is 429 g/mol. The number of benzene rings is 2. The lowest BCUT2D eigenvalue weighted by Crippen LogP contribution is -2.51. The van der Waals surface area contributed by atoms with Crippen molar-refractivity contribution in [2.75, 3.05) is 19.8 Å². The van der Waals surface area contributed by atoms with Gasteiger partial charge in [0, 0.05) is 18.1 Å². The zero-order valence-electron chi connectivity index (χ0n) is 17.8. The lowest BCUT2D eigenvalue weighted by molar-refractivity contribution is -0.122. The number of carbonyl (C=O) groups excluding carboxylic acids is 1. The van der Waals surface area contributed by atoms with E-state index in [1.807, 2.05) is 0 Å². The van der Waals surface area contributed by atoms with Crippen molar-refractivity contribution in [3.8, 4) is 5.75 Å². The Kier molecular flexibility index (Phi) is 7.67. The Morgan fingerprint density at radius 3 is 2.50 bits per heavy atom. The molecule has 1 aliphatic rings. The van der Waals surface area contributed by atoms with Gasteiger partial charge in [0.15, 0.2) is 0 Å². The van der Waals surface area contributed by atoms with E-state index in [-0.39, 0.29) is 0 Å². The van der Waals surface area contributed by atoms with Crippen molar-refractivity contribution in [3.05, 3.63) is 59.7 Å². The highest BCUT2D eigenvalue weighted by Crippen LogP contribution is 2.32. The highest BCUT2D eigenvalue weighted by atomic mass is 32.2. The zero-order chi connectivity index (χ0) is 21.6. The van der Waals surface area contributed by atoms with Crippen molar-refractivity contribution in [2.24, 2.45) is 5.73 Å². The molecule has 0 spiro atoms. The molecule has 1 amide bonds. The summed E-state index contributed by atoms with van der Waals surface area (Å²) in [5, 5.41) is 0. The van der Waals surface area contributed by atoms with Gasteiger partial charge in [-0.3, -0.25) is 9.00 Å². The molecule has 0 radical (unpaired) electrons. The van der Waals surface area contributed by atoms with Crippen LogP contribution in [0.2, 0.25) is 0 Å². The molecule has 1 atom stereocenters. The van der Waals surface area contributed by atoms with Gasteiger partial charge in [0.1, 0.15) is 10.5 Å². The lowest BCUT2D eigenvalue weighted by Gasteiger charge is -2.33. The van der Waals surface area contributed by atoms with Gasteiger partial charge < -0.3 is 15.2 Å². The predicted octanol–water partition coefficient (Wildman–Crippen LogP) is 3.96. The molecular weight excluding hydrogens is 398 g/mol. The van der Waals surface area contributed by atoms with Crippen LogP contribution in [0.1, 0.15) is 50.2 Å². The summed E-state index contributed by atoms with van der Waals surface area (Å²) in [6.07, 6.45) is 2.64. The summed E-state index contributed by atoms with van der Waals surface area (Å²) in [5.41, 5.74) is 8.29. The normalized spacial score (nSPS) is 16.9. The fourth-order valence-electron chi connectivity index (χ4n) is 3.68. The minimum absolute atomic E-state index is 0.380. The van der Waals surface area contributed by atoms with Gasteiger partial charge in [-0.05, 0) is 67.0 Å². The SMILES string of the molecule is CC(C)c1cccc(CCCOc2ccc(S(=O)C3(C(N)=O)CCOCC3)cc2)c1. The van der Waals surface area contributed by atoms with Crippen molar-refractivity contribution in [2.45, 2.75) is 55.1 Å². The van der Waals surface area contributed by atoms with Crippen molar-refractivity contribution < 1.29 is 18.5 Å². The van der Waals surface area contributed by atoms with Crippen LogP contribution in [0.25, 0.3) is 0 Å². The van der Waals surface area contributed by atoms with E-state index in [4.69, 9.17) is 15.2 Å². The van der Waals surface area contributed by atoms with Crippen LogP contribution in [0.5, 0.6) is 5.75 Å². The maximum Gasteiger partial charge on any atom is 0.236 e. The molecule has 3 rings (SSSR count). The summed E-state index contributed by atoms with van der Waals surface area (Å²) >= 11 is 0. The van der Waals surface area contributed by atoms with Gasteiger partial charge in [0.05, 0.1) is 17.4 Å². The molecule has 1 aliphatic heterocycles. The van der Waals surface area contributed by atoms with Crippen LogP contribution < -0.4 is 10.5 Å². The fraction of sp³-hybridized carbons (Fsp3) is 0.458. The molecule has 0 aliphatic carbocycles. The van der Waals surface area contributed by atoms with Crippen LogP contribution in [0, 0.1) is 0 Å². The smallest absolute Gasteiger partial charge is 0.236 e. The van der Waals surface area contributed by atoms with E-state index in [2.05, 4.69) is 38.1 Å². The minimum atomic E-state index is -1.52. The third-order valence-electron chi connectivity index (χ3n) is 5.64. The van der Waals surface area contributed by atoms with Crippen LogP contribution in [0.15, 0.2) is 53.4 Å². The number of ether oxygens (including phenoxy) is 2. The van der Waals surface area contributed by atoms with Crippen LogP contribution in [-0.2, 0) is 26.8 Å². The number of amides is 1. The molecule has 5 nitrogen and oxygen atoms in total. The van der Waals surface area contributed by atoms with Crippen molar-refractivity contribution in [1.82, 2.24) is 0 Å². The molecule has 162 valence electrons.